The average Bonchev–Trinajstić information content (AvgIpc) is 2.90. The van der Waals surface area contributed by atoms with Crippen LogP contribution in [0.2, 0.25) is 0 Å². The highest BCUT2D eigenvalue weighted by Gasteiger charge is 2.25. The van der Waals surface area contributed by atoms with E-state index in [0.29, 0.717) is 23.3 Å². The van der Waals surface area contributed by atoms with Gasteiger partial charge in [0.1, 0.15) is 5.78 Å². The van der Waals surface area contributed by atoms with E-state index in [1.54, 1.807) is 0 Å². The Morgan fingerprint density at radius 1 is 1.30 bits per heavy atom. The summed E-state index contributed by atoms with van der Waals surface area (Å²) in [5.74, 6) is 0.816. The lowest BCUT2D eigenvalue weighted by Gasteiger charge is -2.17. The standard InChI is InChI=1S/C15H16N2O2S/c1-10-5-4-6-11(9-10)14-16-17-15(19-14)20-13-8-3-2-7-12(13)18/h4-6,9,13H,2-3,7-8H2,1H3/t13-/m1/s1. The molecule has 1 aliphatic carbocycles. The Morgan fingerprint density at radius 2 is 2.20 bits per heavy atom. The highest BCUT2D eigenvalue weighted by molar-refractivity contribution is 8.00. The first kappa shape index (κ1) is 13.4. The average molecular weight is 288 g/mol. The fourth-order valence-corrected chi connectivity index (χ4v) is 3.34. The number of carbonyl (C=O) groups excluding carboxylic acids is 1. The van der Waals surface area contributed by atoms with Crippen molar-refractivity contribution in [1.82, 2.24) is 10.2 Å². The number of hydrogen-bond acceptors (Lipinski definition) is 5. The molecule has 0 amide bonds. The number of ketones is 1. The molecule has 0 bridgehead atoms. The van der Waals surface area contributed by atoms with Crippen LogP contribution in [0.3, 0.4) is 0 Å². The number of rotatable bonds is 3. The van der Waals surface area contributed by atoms with E-state index in [1.807, 2.05) is 31.2 Å². The maximum absolute atomic E-state index is 11.8. The summed E-state index contributed by atoms with van der Waals surface area (Å²) in [5.41, 5.74) is 2.07. The van der Waals surface area contributed by atoms with Gasteiger partial charge in [-0.15, -0.1) is 10.2 Å². The zero-order valence-electron chi connectivity index (χ0n) is 11.3. The minimum absolute atomic E-state index is 0.0189. The van der Waals surface area contributed by atoms with Crippen molar-refractivity contribution in [3.63, 3.8) is 0 Å². The first-order valence-electron chi connectivity index (χ1n) is 6.82. The number of aromatic nitrogens is 2. The highest BCUT2D eigenvalue weighted by Crippen LogP contribution is 2.32. The van der Waals surface area contributed by atoms with Gasteiger partial charge in [-0.3, -0.25) is 4.79 Å². The lowest BCUT2D eigenvalue weighted by molar-refractivity contribution is -0.119. The predicted molar refractivity (Wildman–Crippen MR) is 77.6 cm³/mol. The van der Waals surface area contributed by atoms with Crippen LogP contribution < -0.4 is 0 Å². The summed E-state index contributed by atoms with van der Waals surface area (Å²) in [5, 5.41) is 8.58. The molecule has 0 unspecified atom stereocenters. The SMILES string of the molecule is Cc1cccc(-c2nnc(S[C@@H]3CCCCC3=O)o2)c1. The van der Waals surface area contributed by atoms with Crippen LogP contribution in [0, 0.1) is 6.92 Å². The fourth-order valence-electron chi connectivity index (χ4n) is 2.35. The van der Waals surface area contributed by atoms with Crippen LogP contribution in [0.5, 0.6) is 0 Å². The van der Waals surface area contributed by atoms with Gasteiger partial charge in [0.25, 0.3) is 5.22 Å². The van der Waals surface area contributed by atoms with Crippen LogP contribution >= 0.6 is 11.8 Å². The van der Waals surface area contributed by atoms with Crippen molar-refractivity contribution in [3.8, 4) is 11.5 Å². The number of thioether (sulfide) groups is 1. The molecule has 1 saturated carbocycles. The molecule has 1 atom stereocenters. The molecule has 20 heavy (non-hydrogen) atoms. The summed E-state index contributed by atoms with van der Waals surface area (Å²) >= 11 is 1.40. The molecule has 2 aromatic rings. The highest BCUT2D eigenvalue weighted by atomic mass is 32.2. The van der Waals surface area contributed by atoms with Gasteiger partial charge in [-0.2, -0.15) is 0 Å². The normalized spacial score (nSPS) is 19.2. The van der Waals surface area contributed by atoms with E-state index in [4.69, 9.17) is 4.42 Å². The summed E-state index contributed by atoms with van der Waals surface area (Å²) in [6.45, 7) is 2.02. The summed E-state index contributed by atoms with van der Waals surface area (Å²) in [6, 6.07) is 7.94. The van der Waals surface area contributed by atoms with Gasteiger partial charge < -0.3 is 4.42 Å². The molecule has 0 spiro atoms. The number of Topliss-reactive ketones (excluding diaryl/α,β-unsaturated/α-hetero) is 1. The van der Waals surface area contributed by atoms with Gasteiger partial charge in [-0.25, -0.2) is 0 Å². The molecule has 1 aromatic carbocycles. The van der Waals surface area contributed by atoms with Gasteiger partial charge in [0, 0.05) is 12.0 Å². The Balaban J connectivity index is 1.75. The van der Waals surface area contributed by atoms with Crippen LogP contribution in [0.25, 0.3) is 11.5 Å². The molecule has 1 aromatic heterocycles. The third-order valence-corrected chi connectivity index (χ3v) is 4.56. The lowest BCUT2D eigenvalue weighted by Crippen LogP contribution is -2.21. The quantitative estimate of drug-likeness (QED) is 0.863. The second-order valence-corrected chi connectivity index (χ2v) is 6.22. The van der Waals surface area contributed by atoms with Crippen molar-refractivity contribution >= 4 is 17.5 Å². The molecule has 1 fully saturated rings. The van der Waals surface area contributed by atoms with E-state index >= 15 is 0 Å². The van der Waals surface area contributed by atoms with Crippen molar-refractivity contribution in [2.24, 2.45) is 0 Å². The summed E-state index contributed by atoms with van der Waals surface area (Å²) in [7, 11) is 0. The second kappa shape index (κ2) is 5.79. The minimum atomic E-state index is -0.0189. The van der Waals surface area contributed by atoms with Gasteiger partial charge in [0.2, 0.25) is 5.89 Å². The summed E-state index contributed by atoms with van der Waals surface area (Å²) < 4.78 is 5.66. The van der Waals surface area contributed by atoms with Crippen molar-refractivity contribution in [1.29, 1.82) is 0 Å². The first-order valence-corrected chi connectivity index (χ1v) is 7.70. The maximum Gasteiger partial charge on any atom is 0.277 e. The molecular weight excluding hydrogens is 272 g/mol. The summed E-state index contributed by atoms with van der Waals surface area (Å²) in [6.07, 6.45) is 3.69. The smallest absolute Gasteiger partial charge is 0.277 e. The third-order valence-electron chi connectivity index (χ3n) is 3.41. The Bertz CT molecular complexity index is 624. The molecule has 4 nitrogen and oxygen atoms in total. The molecule has 104 valence electrons. The molecule has 1 aliphatic rings. The van der Waals surface area contributed by atoms with E-state index in [1.165, 1.54) is 11.8 Å². The van der Waals surface area contributed by atoms with Gasteiger partial charge in [-0.05, 0) is 31.9 Å². The molecular formula is C15H16N2O2S. The van der Waals surface area contributed by atoms with Crippen LogP contribution in [-0.4, -0.2) is 21.2 Å². The Morgan fingerprint density at radius 3 is 3.00 bits per heavy atom. The first-order chi connectivity index (χ1) is 9.72. The zero-order valence-corrected chi connectivity index (χ0v) is 12.2. The molecule has 1 heterocycles. The van der Waals surface area contributed by atoms with Crippen LogP contribution in [-0.2, 0) is 4.79 Å². The fraction of sp³-hybridized carbons (Fsp3) is 0.400. The number of aryl methyl sites for hydroxylation is 1. The van der Waals surface area contributed by atoms with Gasteiger partial charge in [-0.1, -0.05) is 35.9 Å². The van der Waals surface area contributed by atoms with Crippen molar-refractivity contribution in [3.05, 3.63) is 29.8 Å². The number of hydrogen-bond donors (Lipinski definition) is 0. The van der Waals surface area contributed by atoms with E-state index in [9.17, 15) is 4.79 Å². The molecule has 0 aliphatic heterocycles. The second-order valence-electron chi connectivity index (χ2n) is 5.06. The van der Waals surface area contributed by atoms with E-state index in [0.717, 1.165) is 30.4 Å². The number of nitrogens with zero attached hydrogens (tertiary/aromatic N) is 2. The van der Waals surface area contributed by atoms with Crippen molar-refractivity contribution in [2.45, 2.75) is 43.1 Å². The van der Waals surface area contributed by atoms with E-state index in [-0.39, 0.29) is 5.25 Å². The topological polar surface area (TPSA) is 56.0 Å². The molecule has 3 rings (SSSR count). The minimum Gasteiger partial charge on any atom is -0.411 e. The largest absolute Gasteiger partial charge is 0.411 e. The van der Waals surface area contributed by atoms with Gasteiger partial charge in [0.15, 0.2) is 0 Å². The zero-order chi connectivity index (χ0) is 13.9. The molecule has 5 heteroatoms. The third kappa shape index (κ3) is 2.93. The Labute approximate surface area is 122 Å². The van der Waals surface area contributed by atoms with Crippen LogP contribution in [0.4, 0.5) is 0 Å². The van der Waals surface area contributed by atoms with Gasteiger partial charge in [0.05, 0.1) is 5.25 Å². The maximum atomic E-state index is 11.8. The number of carbonyl (C=O) groups is 1. The van der Waals surface area contributed by atoms with Crippen molar-refractivity contribution < 1.29 is 9.21 Å². The van der Waals surface area contributed by atoms with Crippen molar-refractivity contribution in [2.75, 3.05) is 0 Å². The number of benzene rings is 1. The predicted octanol–water partition coefficient (Wildman–Crippen LogP) is 3.65. The Hall–Kier alpha value is -1.62. The van der Waals surface area contributed by atoms with E-state index < -0.39 is 0 Å². The van der Waals surface area contributed by atoms with Crippen LogP contribution in [0.15, 0.2) is 33.9 Å². The summed E-state index contributed by atoms with van der Waals surface area (Å²) in [4.78, 5) is 11.8. The van der Waals surface area contributed by atoms with Crippen LogP contribution in [0.1, 0.15) is 31.2 Å². The molecule has 0 N–H and O–H groups in total. The monoisotopic (exact) mass is 288 g/mol. The van der Waals surface area contributed by atoms with E-state index in [2.05, 4.69) is 10.2 Å². The lowest BCUT2D eigenvalue weighted by atomic mass is 9.99. The molecule has 0 saturated heterocycles. The Kier molecular flexibility index (Phi) is 3.87. The van der Waals surface area contributed by atoms with Gasteiger partial charge >= 0.3 is 0 Å². The molecule has 0 radical (unpaired) electrons.